The molecule has 1 atom stereocenters. The van der Waals surface area contributed by atoms with E-state index in [0.29, 0.717) is 18.5 Å². The Hall–Kier alpha value is -2.08. The van der Waals surface area contributed by atoms with E-state index in [1.54, 1.807) is 20.0 Å². The van der Waals surface area contributed by atoms with Gasteiger partial charge in [-0.3, -0.25) is 9.36 Å². The molecule has 6 nitrogen and oxygen atoms in total. The molecule has 1 heterocycles. The van der Waals surface area contributed by atoms with Crippen LogP contribution in [-0.2, 0) is 18.3 Å². The van der Waals surface area contributed by atoms with Crippen LogP contribution in [0.2, 0.25) is 0 Å². The molecule has 1 unspecified atom stereocenters. The summed E-state index contributed by atoms with van der Waals surface area (Å²) in [5.41, 5.74) is 7.79. The minimum absolute atomic E-state index is 0.170. The van der Waals surface area contributed by atoms with E-state index in [9.17, 15) is 9.59 Å². The van der Waals surface area contributed by atoms with E-state index in [1.807, 2.05) is 12.1 Å². The van der Waals surface area contributed by atoms with Crippen molar-refractivity contribution < 1.29 is 9.21 Å². The Bertz CT molecular complexity index is 655. The Morgan fingerprint density at radius 1 is 1.53 bits per heavy atom. The number of carbonyl (C=O) groups is 1. The average Bonchev–Trinajstić information content (AvgIpc) is 2.65. The van der Waals surface area contributed by atoms with Crippen molar-refractivity contribution in [3.8, 4) is 0 Å². The van der Waals surface area contributed by atoms with Crippen molar-refractivity contribution in [2.24, 2.45) is 12.8 Å². The molecule has 1 amide bonds. The predicted molar refractivity (Wildman–Crippen MR) is 71.8 cm³/mol. The Labute approximate surface area is 110 Å². The van der Waals surface area contributed by atoms with E-state index < -0.39 is 6.04 Å². The number of nitrogens with two attached hydrogens (primary N) is 1. The molecular formula is C13H17N3O3. The second-order valence-corrected chi connectivity index (χ2v) is 4.56. The molecule has 1 aromatic heterocycles. The molecule has 102 valence electrons. The van der Waals surface area contributed by atoms with Crippen LogP contribution in [0.15, 0.2) is 27.4 Å². The van der Waals surface area contributed by atoms with Crippen molar-refractivity contribution in [1.29, 1.82) is 0 Å². The number of oxazole rings is 1. The monoisotopic (exact) mass is 263 g/mol. The van der Waals surface area contributed by atoms with Crippen molar-refractivity contribution in [2.75, 3.05) is 6.54 Å². The van der Waals surface area contributed by atoms with Crippen LogP contribution in [0.4, 0.5) is 0 Å². The fraction of sp³-hybridized carbons (Fsp3) is 0.385. The first-order valence-electron chi connectivity index (χ1n) is 6.11. The Morgan fingerprint density at radius 2 is 2.26 bits per heavy atom. The summed E-state index contributed by atoms with van der Waals surface area (Å²) in [5.74, 6) is -0.547. The van der Waals surface area contributed by atoms with Crippen LogP contribution in [0.25, 0.3) is 11.1 Å². The van der Waals surface area contributed by atoms with Crippen molar-refractivity contribution >= 4 is 17.0 Å². The SMILES string of the molecule is CC(N)C(=O)NCCc1ccc2oc(=O)n(C)c2c1. The highest BCUT2D eigenvalue weighted by molar-refractivity contribution is 5.81. The summed E-state index contributed by atoms with van der Waals surface area (Å²) in [6, 6.07) is 5.03. The average molecular weight is 263 g/mol. The van der Waals surface area contributed by atoms with Crippen LogP contribution in [0.3, 0.4) is 0 Å². The number of carbonyl (C=O) groups excluding carboxylic acids is 1. The summed E-state index contributed by atoms with van der Waals surface area (Å²) in [6.45, 7) is 2.15. The second kappa shape index (κ2) is 5.27. The third-order valence-corrected chi connectivity index (χ3v) is 2.98. The van der Waals surface area contributed by atoms with Gasteiger partial charge in [0.2, 0.25) is 5.91 Å². The number of hydrogen-bond donors (Lipinski definition) is 2. The Kier molecular flexibility index (Phi) is 3.71. The summed E-state index contributed by atoms with van der Waals surface area (Å²) < 4.78 is 6.51. The van der Waals surface area contributed by atoms with Gasteiger partial charge in [-0.15, -0.1) is 0 Å². The van der Waals surface area contributed by atoms with Crippen LogP contribution in [0, 0.1) is 0 Å². The molecule has 0 spiro atoms. The molecule has 0 aliphatic rings. The van der Waals surface area contributed by atoms with Crippen molar-refractivity contribution in [3.05, 3.63) is 34.3 Å². The molecule has 1 aromatic carbocycles. The number of fused-ring (bicyclic) bond motifs is 1. The molecule has 0 radical (unpaired) electrons. The minimum atomic E-state index is -0.503. The smallest absolute Gasteiger partial charge is 0.408 e. The summed E-state index contributed by atoms with van der Waals surface area (Å²) in [6.07, 6.45) is 0.674. The number of benzene rings is 1. The summed E-state index contributed by atoms with van der Waals surface area (Å²) >= 11 is 0. The summed E-state index contributed by atoms with van der Waals surface area (Å²) in [5, 5.41) is 2.74. The molecule has 2 aromatic rings. The van der Waals surface area contributed by atoms with E-state index in [2.05, 4.69) is 5.32 Å². The van der Waals surface area contributed by atoms with Crippen molar-refractivity contribution in [2.45, 2.75) is 19.4 Å². The third-order valence-electron chi connectivity index (χ3n) is 2.98. The number of aryl methyl sites for hydroxylation is 1. The van der Waals surface area contributed by atoms with Crippen molar-refractivity contribution in [1.82, 2.24) is 9.88 Å². The first-order valence-corrected chi connectivity index (χ1v) is 6.11. The molecular weight excluding hydrogens is 246 g/mol. The summed E-state index contributed by atoms with van der Waals surface area (Å²) in [7, 11) is 1.66. The molecule has 0 saturated carbocycles. The van der Waals surface area contributed by atoms with Crippen LogP contribution in [0.1, 0.15) is 12.5 Å². The standard InChI is InChI=1S/C13H17N3O3/c1-8(14)12(17)15-6-5-9-3-4-11-10(7-9)16(2)13(18)19-11/h3-4,7-8H,5-6,14H2,1-2H3,(H,15,17). The van der Waals surface area contributed by atoms with Crippen LogP contribution < -0.4 is 16.8 Å². The van der Waals surface area contributed by atoms with Gasteiger partial charge in [-0.05, 0) is 31.0 Å². The maximum absolute atomic E-state index is 11.4. The van der Waals surface area contributed by atoms with E-state index in [-0.39, 0.29) is 11.7 Å². The maximum Gasteiger partial charge on any atom is 0.419 e. The summed E-state index contributed by atoms with van der Waals surface area (Å²) in [4.78, 5) is 22.7. The van der Waals surface area contributed by atoms with Crippen molar-refractivity contribution in [3.63, 3.8) is 0 Å². The lowest BCUT2D eigenvalue weighted by atomic mass is 10.1. The number of nitrogens with one attached hydrogen (secondary N) is 1. The van der Waals surface area contributed by atoms with Gasteiger partial charge in [-0.1, -0.05) is 6.07 Å². The zero-order valence-corrected chi connectivity index (χ0v) is 11.0. The first kappa shape index (κ1) is 13.4. The number of nitrogens with zero attached hydrogens (tertiary/aromatic N) is 1. The normalized spacial score (nSPS) is 12.6. The van der Waals surface area contributed by atoms with Crippen LogP contribution in [0.5, 0.6) is 0 Å². The lowest BCUT2D eigenvalue weighted by molar-refractivity contribution is -0.121. The quantitative estimate of drug-likeness (QED) is 0.820. The molecule has 0 aliphatic carbocycles. The van der Waals surface area contributed by atoms with Gasteiger partial charge in [-0.25, -0.2) is 4.79 Å². The highest BCUT2D eigenvalue weighted by atomic mass is 16.4. The zero-order valence-electron chi connectivity index (χ0n) is 11.0. The molecule has 0 bridgehead atoms. The highest BCUT2D eigenvalue weighted by Gasteiger charge is 2.08. The van der Waals surface area contributed by atoms with E-state index >= 15 is 0 Å². The first-order chi connectivity index (χ1) is 8.99. The third kappa shape index (κ3) is 2.85. The lowest BCUT2D eigenvalue weighted by Gasteiger charge is -2.07. The molecule has 3 N–H and O–H groups in total. The molecule has 0 aliphatic heterocycles. The van der Waals surface area contributed by atoms with E-state index in [4.69, 9.17) is 10.2 Å². The van der Waals surface area contributed by atoms with Crippen LogP contribution >= 0.6 is 0 Å². The van der Waals surface area contributed by atoms with Crippen LogP contribution in [-0.4, -0.2) is 23.1 Å². The van der Waals surface area contributed by atoms with E-state index in [1.165, 1.54) is 4.57 Å². The molecule has 0 fully saturated rings. The molecule has 0 saturated heterocycles. The second-order valence-electron chi connectivity index (χ2n) is 4.56. The Morgan fingerprint density at radius 3 is 2.95 bits per heavy atom. The van der Waals surface area contributed by atoms with Gasteiger partial charge in [0.25, 0.3) is 0 Å². The predicted octanol–water partition coefficient (Wildman–Crippen LogP) is 0.137. The minimum Gasteiger partial charge on any atom is -0.408 e. The Balaban J connectivity index is 2.07. The highest BCUT2D eigenvalue weighted by Crippen LogP contribution is 2.14. The molecule has 2 rings (SSSR count). The van der Waals surface area contributed by atoms with Gasteiger partial charge in [0.05, 0.1) is 11.6 Å². The fourth-order valence-electron chi connectivity index (χ4n) is 1.82. The molecule has 19 heavy (non-hydrogen) atoms. The number of aromatic nitrogens is 1. The van der Waals surface area contributed by atoms with E-state index in [0.717, 1.165) is 11.1 Å². The number of hydrogen-bond acceptors (Lipinski definition) is 4. The zero-order chi connectivity index (χ0) is 14.0. The fourth-order valence-corrected chi connectivity index (χ4v) is 1.82. The van der Waals surface area contributed by atoms with Gasteiger partial charge in [-0.2, -0.15) is 0 Å². The number of amides is 1. The van der Waals surface area contributed by atoms with Gasteiger partial charge in [0.1, 0.15) is 0 Å². The van der Waals surface area contributed by atoms with Gasteiger partial charge in [0.15, 0.2) is 5.58 Å². The topological polar surface area (TPSA) is 90.3 Å². The largest absolute Gasteiger partial charge is 0.419 e. The maximum atomic E-state index is 11.4. The lowest BCUT2D eigenvalue weighted by Crippen LogP contribution is -2.39. The van der Waals surface area contributed by atoms with Gasteiger partial charge < -0.3 is 15.5 Å². The van der Waals surface area contributed by atoms with Gasteiger partial charge >= 0.3 is 5.76 Å². The van der Waals surface area contributed by atoms with Gasteiger partial charge in [0, 0.05) is 13.6 Å². The number of rotatable bonds is 4. The molecule has 6 heteroatoms.